The van der Waals surface area contributed by atoms with Gasteiger partial charge in [0.2, 0.25) is 0 Å². The van der Waals surface area contributed by atoms with Gasteiger partial charge in [-0.15, -0.1) is 0 Å². The fourth-order valence-corrected chi connectivity index (χ4v) is 1.28. The maximum Gasteiger partial charge on any atom is 0.288 e. The van der Waals surface area contributed by atoms with Gasteiger partial charge in [-0.2, -0.15) is 8.78 Å². The third-order valence-electron chi connectivity index (χ3n) is 1.74. The quantitative estimate of drug-likeness (QED) is 0.831. The molecule has 0 aromatic heterocycles. The van der Waals surface area contributed by atoms with E-state index in [1.165, 1.54) is 19.2 Å². The lowest BCUT2D eigenvalue weighted by molar-refractivity contribution is -0.00469. The van der Waals surface area contributed by atoms with Gasteiger partial charge in [0.1, 0.15) is 0 Å². The maximum absolute atomic E-state index is 13.2. The molecule has 0 fully saturated rings. The zero-order valence-electron chi connectivity index (χ0n) is 7.45. The minimum atomic E-state index is -3.25. The Morgan fingerprint density at radius 3 is 2.64 bits per heavy atom. The molecule has 14 heavy (non-hydrogen) atoms. The first-order valence-corrected chi connectivity index (χ1v) is 4.34. The standard InChI is InChI=1S/C9H9ClF3N/c1-14-5-9(12,13)6-3-2-4-7(10)8(6)11/h2-4,14H,5H2,1H3. The Morgan fingerprint density at radius 2 is 2.07 bits per heavy atom. The summed E-state index contributed by atoms with van der Waals surface area (Å²) < 4.78 is 39.7. The van der Waals surface area contributed by atoms with Gasteiger partial charge in [-0.05, 0) is 19.2 Å². The first-order valence-electron chi connectivity index (χ1n) is 3.96. The van der Waals surface area contributed by atoms with Gasteiger partial charge in [0.15, 0.2) is 5.82 Å². The van der Waals surface area contributed by atoms with Crippen LogP contribution >= 0.6 is 11.6 Å². The van der Waals surface area contributed by atoms with Crippen LogP contribution in [-0.2, 0) is 5.92 Å². The van der Waals surface area contributed by atoms with E-state index in [0.29, 0.717) is 0 Å². The van der Waals surface area contributed by atoms with Crippen molar-refractivity contribution in [2.45, 2.75) is 5.92 Å². The molecule has 0 heterocycles. The minimum absolute atomic E-state index is 0.293. The Labute approximate surface area is 84.9 Å². The zero-order valence-corrected chi connectivity index (χ0v) is 8.21. The number of rotatable bonds is 3. The smallest absolute Gasteiger partial charge is 0.288 e. The second-order valence-electron chi connectivity index (χ2n) is 2.84. The highest BCUT2D eigenvalue weighted by Crippen LogP contribution is 2.31. The highest BCUT2D eigenvalue weighted by molar-refractivity contribution is 6.30. The molecule has 1 rings (SSSR count). The van der Waals surface area contributed by atoms with Gasteiger partial charge in [-0.3, -0.25) is 0 Å². The SMILES string of the molecule is CNCC(F)(F)c1cccc(Cl)c1F. The Morgan fingerprint density at radius 1 is 1.43 bits per heavy atom. The number of halogens is 4. The van der Waals surface area contributed by atoms with Crippen molar-refractivity contribution < 1.29 is 13.2 Å². The Bertz CT molecular complexity index is 328. The molecule has 78 valence electrons. The largest absolute Gasteiger partial charge is 0.314 e. The van der Waals surface area contributed by atoms with E-state index in [2.05, 4.69) is 5.32 Å². The molecule has 0 aliphatic rings. The zero-order chi connectivity index (χ0) is 10.8. The number of alkyl halides is 2. The van der Waals surface area contributed by atoms with E-state index in [0.717, 1.165) is 6.07 Å². The first kappa shape index (κ1) is 11.3. The van der Waals surface area contributed by atoms with Crippen molar-refractivity contribution in [2.75, 3.05) is 13.6 Å². The predicted molar refractivity (Wildman–Crippen MR) is 49.2 cm³/mol. The van der Waals surface area contributed by atoms with Crippen LogP contribution in [0.25, 0.3) is 0 Å². The maximum atomic E-state index is 13.2. The number of likely N-dealkylation sites (N-methyl/N-ethyl adjacent to an activating group) is 1. The van der Waals surface area contributed by atoms with E-state index in [-0.39, 0.29) is 5.02 Å². The molecule has 0 atom stereocenters. The van der Waals surface area contributed by atoms with Crippen molar-refractivity contribution in [3.05, 3.63) is 34.6 Å². The van der Waals surface area contributed by atoms with E-state index in [4.69, 9.17) is 11.6 Å². The summed E-state index contributed by atoms with van der Waals surface area (Å²) in [6.45, 7) is -0.621. The summed E-state index contributed by atoms with van der Waals surface area (Å²) in [5, 5.41) is 2.00. The second kappa shape index (κ2) is 4.19. The molecule has 0 unspecified atom stereocenters. The lowest BCUT2D eigenvalue weighted by Crippen LogP contribution is -2.29. The van der Waals surface area contributed by atoms with Crippen LogP contribution in [0.2, 0.25) is 5.02 Å². The molecule has 0 saturated heterocycles. The van der Waals surface area contributed by atoms with Crippen LogP contribution in [0.1, 0.15) is 5.56 Å². The molecule has 0 aliphatic heterocycles. The molecular weight excluding hydrogens is 215 g/mol. The molecule has 1 N–H and O–H groups in total. The lowest BCUT2D eigenvalue weighted by atomic mass is 10.1. The highest BCUT2D eigenvalue weighted by atomic mass is 35.5. The number of hydrogen-bond donors (Lipinski definition) is 1. The van der Waals surface area contributed by atoms with Crippen LogP contribution in [0.15, 0.2) is 18.2 Å². The van der Waals surface area contributed by atoms with Gasteiger partial charge in [0.25, 0.3) is 5.92 Å². The van der Waals surface area contributed by atoms with E-state index in [1.54, 1.807) is 0 Å². The van der Waals surface area contributed by atoms with Gasteiger partial charge in [-0.1, -0.05) is 17.7 Å². The average Bonchev–Trinajstić information content (AvgIpc) is 2.09. The summed E-state index contributed by atoms with van der Waals surface area (Å²) in [6, 6.07) is 3.55. The van der Waals surface area contributed by atoms with Crippen LogP contribution < -0.4 is 5.32 Å². The van der Waals surface area contributed by atoms with Gasteiger partial charge >= 0.3 is 0 Å². The van der Waals surface area contributed by atoms with E-state index in [1.807, 2.05) is 0 Å². The third-order valence-corrected chi connectivity index (χ3v) is 2.04. The Kier molecular flexibility index (Phi) is 3.39. The normalized spacial score (nSPS) is 11.8. The summed E-state index contributed by atoms with van der Waals surface area (Å²) in [4.78, 5) is 0. The number of nitrogens with one attached hydrogen (secondary N) is 1. The van der Waals surface area contributed by atoms with Crippen LogP contribution in [-0.4, -0.2) is 13.6 Å². The van der Waals surface area contributed by atoms with Crippen molar-refractivity contribution in [3.63, 3.8) is 0 Å². The molecular formula is C9H9ClF3N. The average molecular weight is 224 g/mol. The van der Waals surface area contributed by atoms with Crippen LogP contribution in [0.5, 0.6) is 0 Å². The van der Waals surface area contributed by atoms with Gasteiger partial charge in [0.05, 0.1) is 17.1 Å². The van der Waals surface area contributed by atoms with Gasteiger partial charge < -0.3 is 5.32 Å². The first-order chi connectivity index (χ1) is 6.49. The second-order valence-corrected chi connectivity index (χ2v) is 3.24. The van der Waals surface area contributed by atoms with Crippen molar-refractivity contribution in [3.8, 4) is 0 Å². The lowest BCUT2D eigenvalue weighted by Gasteiger charge is -2.17. The van der Waals surface area contributed by atoms with E-state index >= 15 is 0 Å². The Hall–Kier alpha value is -0.740. The minimum Gasteiger partial charge on any atom is -0.314 e. The summed E-state index contributed by atoms with van der Waals surface area (Å²) in [7, 11) is 1.37. The number of hydrogen-bond acceptors (Lipinski definition) is 1. The topological polar surface area (TPSA) is 12.0 Å². The molecule has 0 amide bonds. The van der Waals surface area contributed by atoms with Crippen molar-refractivity contribution in [2.24, 2.45) is 0 Å². The van der Waals surface area contributed by atoms with Crippen molar-refractivity contribution in [1.82, 2.24) is 5.32 Å². The molecule has 1 aromatic carbocycles. The molecule has 0 bridgehead atoms. The highest BCUT2D eigenvalue weighted by Gasteiger charge is 2.34. The number of benzene rings is 1. The molecule has 0 radical (unpaired) electrons. The fourth-order valence-electron chi connectivity index (χ4n) is 1.10. The van der Waals surface area contributed by atoms with E-state index < -0.39 is 23.8 Å². The molecule has 1 nitrogen and oxygen atoms in total. The van der Waals surface area contributed by atoms with Gasteiger partial charge in [-0.25, -0.2) is 4.39 Å². The van der Waals surface area contributed by atoms with Crippen LogP contribution in [0, 0.1) is 5.82 Å². The van der Waals surface area contributed by atoms with E-state index in [9.17, 15) is 13.2 Å². The summed E-state index contributed by atoms with van der Waals surface area (Å²) in [5.74, 6) is -4.31. The molecule has 0 aliphatic carbocycles. The van der Waals surface area contributed by atoms with Crippen molar-refractivity contribution in [1.29, 1.82) is 0 Å². The molecule has 0 saturated carbocycles. The van der Waals surface area contributed by atoms with Crippen LogP contribution in [0.3, 0.4) is 0 Å². The fraction of sp³-hybridized carbons (Fsp3) is 0.333. The molecule has 5 heteroatoms. The summed E-state index contributed by atoms with van der Waals surface area (Å²) >= 11 is 5.39. The Balaban J connectivity index is 3.12. The summed E-state index contributed by atoms with van der Waals surface area (Å²) in [5.41, 5.74) is -0.681. The van der Waals surface area contributed by atoms with Crippen LogP contribution in [0.4, 0.5) is 13.2 Å². The third kappa shape index (κ3) is 2.19. The molecule has 0 spiro atoms. The van der Waals surface area contributed by atoms with Crippen molar-refractivity contribution >= 4 is 11.6 Å². The van der Waals surface area contributed by atoms with Gasteiger partial charge in [0, 0.05) is 0 Å². The predicted octanol–water partition coefficient (Wildman–Crippen LogP) is 2.79. The molecule has 1 aromatic rings. The summed E-state index contributed by atoms with van der Waals surface area (Å²) in [6.07, 6.45) is 0. The monoisotopic (exact) mass is 223 g/mol.